The molecule has 0 N–H and O–H groups in total. The number of thiophene rings is 1. The van der Waals surface area contributed by atoms with E-state index in [0.717, 1.165) is 29.7 Å². The second-order valence-electron chi connectivity index (χ2n) is 7.17. The Balaban J connectivity index is 1.31. The number of amides is 1. The average Bonchev–Trinajstić information content (AvgIpc) is 3.38. The topological polar surface area (TPSA) is 84.5 Å². The fraction of sp³-hybridized carbons (Fsp3) is 0.300. The Morgan fingerprint density at radius 1 is 1.17 bits per heavy atom. The van der Waals surface area contributed by atoms with Crippen molar-refractivity contribution in [1.29, 1.82) is 0 Å². The standard InChI is InChI=1S/C20H20BrN5O3S/c21-17-3-1-2-15(8-17)11-23-4-6-24(7-5-23)20(27)19-9-16(14-30-19)12-25-13-18(10-22-25)26(28)29/h1-3,8-10,13-14H,4-7,11-12H2. The quantitative estimate of drug-likeness (QED) is 0.389. The van der Waals surface area contributed by atoms with Crippen LogP contribution in [0.25, 0.3) is 0 Å². The summed E-state index contributed by atoms with van der Waals surface area (Å²) in [7, 11) is 0. The van der Waals surface area contributed by atoms with E-state index in [1.54, 1.807) is 0 Å². The Hall–Kier alpha value is -2.56. The summed E-state index contributed by atoms with van der Waals surface area (Å²) in [6.45, 7) is 4.36. The smallest absolute Gasteiger partial charge is 0.307 e. The van der Waals surface area contributed by atoms with Gasteiger partial charge in [-0.2, -0.15) is 5.10 Å². The van der Waals surface area contributed by atoms with Crippen LogP contribution in [0, 0.1) is 10.1 Å². The zero-order valence-electron chi connectivity index (χ0n) is 16.1. The van der Waals surface area contributed by atoms with Gasteiger partial charge in [-0.1, -0.05) is 28.1 Å². The van der Waals surface area contributed by atoms with Crippen LogP contribution in [0.3, 0.4) is 0 Å². The Labute approximate surface area is 186 Å². The van der Waals surface area contributed by atoms with E-state index in [2.05, 4.69) is 38.1 Å². The minimum atomic E-state index is -0.470. The zero-order valence-corrected chi connectivity index (χ0v) is 18.5. The molecule has 2 aromatic heterocycles. The summed E-state index contributed by atoms with van der Waals surface area (Å²) in [5, 5.41) is 16.7. The van der Waals surface area contributed by atoms with Crippen LogP contribution in [0.5, 0.6) is 0 Å². The number of hydrogen-bond acceptors (Lipinski definition) is 6. The Kier molecular flexibility index (Phi) is 6.26. The SMILES string of the molecule is O=C(c1cc(Cn2cc([N+](=O)[O-])cn2)cs1)N1CCN(Cc2cccc(Br)c2)CC1. The molecule has 0 bridgehead atoms. The highest BCUT2D eigenvalue weighted by molar-refractivity contribution is 9.10. The van der Waals surface area contributed by atoms with E-state index in [0.29, 0.717) is 24.5 Å². The second-order valence-corrected chi connectivity index (χ2v) is 9.00. The van der Waals surface area contributed by atoms with Crippen molar-refractivity contribution >= 4 is 38.9 Å². The number of nitrogens with zero attached hydrogens (tertiary/aromatic N) is 5. The molecule has 30 heavy (non-hydrogen) atoms. The molecule has 4 rings (SSSR count). The fourth-order valence-corrected chi connectivity index (χ4v) is 4.77. The Morgan fingerprint density at radius 3 is 2.67 bits per heavy atom. The number of rotatable bonds is 6. The van der Waals surface area contributed by atoms with Crippen molar-refractivity contribution in [1.82, 2.24) is 19.6 Å². The summed E-state index contributed by atoms with van der Waals surface area (Å²) in [5.74, 6) is 0.0415. The van der Waals surface area contributed by atoms with Crippen LogP contribution in [-0.2, 0) is 13.1 Å². The van der Waals surface area contributed by atoms with Gasteiger partial charge in [0.05, 0.1) is 16.3 Å². The lowest BCUT2D eigenvalue weighted by Gasteiger charge is -2.34. The summed E-state index contributed by atoms with van der Waals surface area (Å²) in [4.78, 5) is 28.1. The van der Waals surface area contributed by atoms with Gasteiger partial charge in [0.15, 0.2) is 0 Å². The van der Waals surface area contributed by atoms with Crippen molar-refractivity contribution in [2.24, 2.45) is 0 Å². The molecule has 0 saturated carbocycles. The highest BCUT2D eigenvalue weighted by atomic mass is 79.9. The van der Waals surface area contributed by atoms with Crippen molar-refractivity contribution in [2.75, 3.05) is 26.2 Å². The number of halogens is 1. The van der Waals surface area contributed by atoms with E-state index in [-0.39, 0.29) is 11.6 Å². The van der Waals surface area contributed by atoms with Gasteiger partial charge in [0, 0.05) is 37.2 Å². The summed E-state index contributed by atoms with van der Waals surface area (Å²) in [6.07, 6.45) is 2.62. The van der Waals surface area contributed by atoms with Gasteiger partial charge in [0.2, 0.25) is 0 Å². The third-order valence-electron chi connectivity index (χ3n) is 4.99. The highest BCUT2D eigenvalue weighted by Gasteiger charge is 2.23. The summed E-state index contributed by atoms with van der Waals surface area (Å²) < 4.78 is 2.59. The average molecular weight is 490 g/mol. The number of benzene rings is 1. The zero-order chi connectivity index (χ0) is 21.1. The van der Waals surface area contributed by atoms with Crippen LogP contribution in [0.15, 0.2) is 52.6 Å². The molecule has 0 radical (unpaired) electrons. The molecule has 0 aliphatic carbocycles. The van der Waals surface area contributed by atoms with Gasteiger partial charge >= 0.3 is 5.69 Å². The molecule has 0 unspecified atom stereocenters. The maximum atomic E-state index is 12.9. The number of carbonyl (C=O) groups is 1. The van der Waals surface area contributed by atoms with Crippen molar-refractivity contribution in [3.05, 3.63) is 78.7 Å². The number of nitro groups is 1. The monoisotopic (exact) mass is 489 g/mol. The Bertz CT molecular complexity index is 1060. The first-order valence-electron chi connectivity index (χ1n) is 9.48. The summed E-state index contributed by atoms with van der Waals surface area (Å²) >= 11 is 4.91. The van der Waals surface area contributed by atoms with Crippen molar-refractivity contribution in [3.8, 4) is 0 Å². The van der Waals surface area contributed by atoms with Crippen LogP contribution in [0.2, 0.25) is 0 Å². The van der Waals surface area contributed by atoms with E-state index in [9.17, 15) is 14.9 Å². The highest BCUT2D eigenvalue weighted by Crippen LogP contribution is 2.20. The minimum absolute atomic E-state index is 0.0396. The molecular weight excluding hydrogens is 470 g/mol. The number of piperazine rings is 1. The molecule has 3 heterocycles. The third-order valence-corrected chi connectivity index (χ3v) is 6.45. The predicted octanol–water partition coefficient (Wildman–Crippen LogP) is 3.62. The Morgan fingerprint density at radius 2 is 1.97 bits per heavy atom. The van der Waals surface area contributed by atoms with Crippen molar-refractivity contribution in [2.45, 2.75) is 13.1 Å². The molecule has 156 valence electrons. The van der Waals surface area contributed by atoms with E-state index in [1.807, 2.05) is 28.5 Å². The first kappa shape index (κ1) is 20.7. The maximum absolute atomic E-state index is 12.9. The molecular formula is C20H20BrN5O3S. The largest absolute Gasteiger partial charge is 0.335 e. The summed E-state index contributed by atoms with van der Waals surface area (Å²) in [6, 6.07) is 10.1. The van der Waals surface area contributed by atoms with Crippen LogP contribution in [-0.4, -0.2) is 56.6 Å². The molecule has 3 aromatic rings. The predicted molar refractivity (Wildman–Crippen MR) is 118 cm³/mol. The summed E-state index contributed by atoms with van der Waals surface area (Å²) in [5.41, 5.74) is 2.13. The maximum Gasteiger partial charge on any atom is 0.307 e. The van der Waals surface area contributed by atoms with Gasteiger partial charge in [-0.15, -0.1) is 11.3 Å². The van der Waals surface area contributed by atoms with E-state index in [4.69, 9.17) is 0 Å². The van der Waals surface area contributed by atoms with Crippen LogP contribution in [0.1, 0.15) is 20.8 Å². The van der Waals surface area contributed by atoms with Gasteiger partial charge in [0.1, 0.15) is 12.4 Å². The lowest BCUT2D eigenvalue weighted by Crippen LogP contribution is -2.48. The van der Waals surface area contributed by atoms with E-state index < -0.39 is 4.92 Å². The normalized spacial score (nSPS) is 14.8. The van der Waals surface area contributed by atoms with Gasteiger partial charge in [0.25, 0.3) is 5.91 Å². The van der Waals surface area contributed by atoms with Crippen molar-refractivity contribution in [3.63, 3.8) is 0 Å². The van der Waals surface area contributed by atoms with Crippen LogP contribution >= 0.6 is 27.3 Å². The van der Waals surface area contributed by atoms with Gasteiger partial charge in [-0.25, -0.2) is 0 Å². The molecule has 0 atom stereocenters. The van der Waals surface area contributed by atoms with Gasteiger partial charge < -0.3 is 4.90 Å². The molecule has 1 saturated heterocycles. The van der Waals surface area contributed by atoms with Gasteiger partial charge in [-0.05, 0) is 34.7 Å². The number of carbonyl (C=O) groups excluding carboxylic acids is 1. The van der Waals surface area contributed by atoms with E-state index in [1.165, 1.54) is 34.0 Å². The van der Waals surface area contributed by atoms with E-state index >= 15 is 0 Å². The third kappa shape index (κ3) is 4.94. The van der Waals surface area contributed by atoms with Crippen molar-refractivity contribution < 1.29 is 9.72 Å². The van der Waals surface area contributed by atoms with Gasteiger partial charge in [-0.3, -0.25) is 24.5 Å². The molecule has 1 aliphatic heterocycles. The second kappa shape index (κ2) is 9.07. The fourth-order valence-electron chi connectivity index (χ4n) is 3.45. The minimum Gasteiger partial charge on any atom is -0.335 e. The molecule has 10 heteroatoms. The van der Waals surface area contributed by atoms with Crippen LogP contribution in [0.4, 0.5) is 5.69 Å². The first-order valence-corrected chi connectivity index (χ1v) is 11.2. The number of hydrogen-bond donors (Lipinski definition) is 0. The lowest BCUT2D eigenvalue weighted by atomic mass is 10.2. The molecule has 0 spiro atoms. The molecule has 1 fully saturated rings. The first-order chi connectivity index (χ1) is 14.5. The van der Waals surface area contributed by atoms with Crippen LogP contribution < -0.4 is 0 Å². The molecule has 1 aliphatic rings. The molecule has 1 amide bonds. The molecule has 8 nitrogen and oxygen atoms in total. The number of aromatic nitrogens is 2. The molecule has 1 aromatic carbocycles. The lowest BCUT2D eigenvalue weighted by molar-refractivity contribution is -0.385.